The highest BCUT2D eigenvalue weighted by Gasteiger charge is 2.75. The van der Waals surface area contributed by atoms with Gasteiger partial charge in [-0.1, -0.05) is 17.7 Å². The number of aliphatic hydroxyl groups excluding tert-OH is 1. The molecule has 0 amide bonds. The Labute approximate surface area is 135 Å². The number of esters is 1. The molecule has 1 saturated carbocycles. The van der Waals surface area contributed by atoms with Gasteiger partial charge in [0.05, 0.1) is 7.11 Å². The second kappa shape index (κ2) is 4.94. The van der Waals surface area contributed by atoms with Crippen LogP contribution < -0.4 is 4.74 Å². The van der Waals surface area contributed by atoms with Crippen LogP contribution in [0.25, 0.3) is 0 Å². The minimum atomic E-state index is -2.50. The Balaban J connectivity index is 2.35. The number of aliphatic hydroxyl groups is 1. The number of phenols is 1. The van der Waals surface area contributed by atoms with Crippen LogP contribution in [0.15, 0.2) is 18.2 Å². The summed E-state index contributed by atoms with van der Waals surface area (Å²) in [5.74, 6) is -3.47. The van der Waals surface area contributed by atoms with Crippen molar-refractivity contribution in [1.82, 2.24) is 0 Å². The number of Topliss-reactive ketones (excluding diaryl/α,β-unsaturated/α-hetero) is 2. The number of halogens is 1. The van der Waals surface area contributed by atoms with E-state index in [9.17, 15) is 24.6 Å². The molecular weight excluding hydrogens is 328 g/mol. The van der Waals surface area contributed by atoms with Gasteiger partial charge in [-0.25, -0.2) is 4.79 Å². The predicted molar refractivity (Wildman–Crippen MR) is 76.6 cm³/mol. The van der Waals surface area contributed by atoms with Gasteiger partial charge >= 0.3 is 5.97 Å². The van der Waals surface area contributed by atoms with Crippen molar-refractivity contribution >= 4 is 29.1 Å². The van der Waals surface area contributed by atoms with Crippen molar-refractivity contribution in [3.63, 3.8) is 0 Å². The van der Waals surface area contributed by atoms with Crippen molar-refractivity contribution in [1.29, 1.82) is 0 Å². The fourth-order valence-electron chi connectivity index (χ4n) is 3.16. The number of methoxy groups -OCH3 is 1. The molecule has 0 bridgehead atoms. The maximum absolute atomic E-state index is 12.9. The minimum Gasteiger partial charge on any atom is -0.507 e. The van der Waals surface area contributed by atoms with Gasteiger partial charge in [-0.2, -0.15) is 0 Å². The maximum Gasteiger partial charge on any atom is 0.355 e. The van der Waals surface area contributed by atoms with Crippen LogP contribution >= 0.6 is 11.6 Å². The second-order valence-electron chi connectivity index (χ2n) is 5.44. The van der Waals surface area contributed by atoms with Gasteiger partial charge in [-0.3, -0.25) is 9.59 Å². The Hall–Kier alpha value is -2.12. The number of aromatic hydroxyl groups is 1. The van der Waals surface area contributed by atoms with E-state index in [1.54, 1.807) is 0 Å². The molecule has 23 heavy (non-hydrogen) atoms. The van der Waals surface area contributed by atoms with Crippen LogP contribution in [0.4, 0.5) is 0 Å². The van der Waals surface area contributed by atoms with Crippen LogP contribution in [0.2, 0.25) is 0 Å². The van der Waals surface area contributed by atoms with E-state index in [0.717, 1.165) is 7.11 Å². The number of fused-ring (bicyclic) bond motifs is 2. The standard InChI is InChI=1S/C15H13ClO7/c1-22-13(21)15-10(19)6-5-9(18)14(15,16)12(20)11-7(17)3-2-4-8(11)23-15/h2-4,10,17,19H,5-6H2,1H3/t10-,14+,15-/m1/s1. The Morgan fingerprint density at radius 2 is 2.13 bits per heavy atom. The van der Waals surface area contributed by atoms with E-state index < -0.39 is 39.9 Å². The summed E-state index contributed by atoms with van der Waals surface area (Å²) >= 11 is 6.31. The molecule has 0 aromatic heterocycles. The van der Waals surface area contributed by atoms with Crippen molar-refractivity contribution in [2.75, 3.05) is 7.11 Å². The number of alkyl halides is 1. The van der Waals surface area contributed by atoms with E-state index in [4.69, 9.17) is 16.3 Å². The third kappa shape index (κ3) is 1.71. The molecule has 1 aliphatic carbocycles. The van der Waals surface area contributed by atoms with Gasteiger partial charge in [0.15, 0.2) is 5.78 Å². The quantitative estimate of drug-likeness (QED) is 0.437. The molecule has 0 radical (unpaired) electrons. The van der Waals surface area contributed by atoms with E-state index in [2.05, 4.69) is 4.74 Å². The van der Waals surface area contributed by atoms with Gasteiger partial charge in [0.1, 0.15) is 23.2 Å². The summed E-state index contributed by atoms with van der Waals surface area (Å²) < 4.78 is 10.2. The van der Waals surface area contributed by atoms with Gasteiger partial charge in [-0.15, -0.1) is 0 Å². The summed E-state index contributed by atoms with van der Waals surface area (Å²) in [5.41, 5.74) is -2.69. The van der Waals surface area contributed by atoms with E-state index in [-0.39, 0.29) is 24.2 Å². The van der Waals surface area contributed by atoms with E-state index in [1.807, 2.05) is 0 Å². The zero-order valence-corrected chi connectivity index (χ0v) is 12.8. The summed E-state index contributed by atoms with van der Waals surface area (Å²) in [4.78, 5) is 35.2. The zero-order valence-electron chi connectivity index (χ0n) is 12.0. The van der Waals surface area contributed by atoms with Gasteiger partial charge < -0.3 is 19.7 Å². The van der Waals surface area contributed by atoms with Gasteiger partial charge in [-0.05, 0) is 18.6 Å². The average molecular weight is 341 g/mol. The Bertz CT molecular complexity index is 731. The summed E-state index contributed by atoms with van der Waals surface area (Å²) in [5, 5.41) is 20.3. The predicted octanol–water partition coefficient (Wildman–Crippen LogP) is 0.580. The molecule has 1 aromatic carbocycles. The molecule has 8 heteroatoms. The van der Waals surface area contributed by atoms with Gasteiger partial charge in [0.2, 0.25) is 10.7 Å². The van der Waals surface area contributed by atoms with Crippen LogP contribution in [0.3, 0.4) is 0 Å². The lowest BCUT2D eigenvalue weighted by Crippen LogP contribution is -2.76. The van der Waals surface area contributed by atoms with E-state index in [0.29, 0.717) is 0 Å². The lowest BCUT2D eigenvalue weighted by atomic mass is 9.66. The summed E-state index contributed by atoms with van der Waals surface area (Å²) in [6.45, 7) is 0. The first-order valence-corrected chi connectivity index (χ1v) is 7.23. The molecule has 0 saturated heterocycles. The third-order valence-electron chi connectivity index (χ3n) is 4.31. The molecule has 7 nitrogen and oxygen atoms in total. The van der Waals surface area contributed by atoms with Gasteiger partial charge in [0, 0.05) is 6.42 Å². The van der Waals surface area contributed by atoms with Crippen molar-refractivity contribution < 1.29 is 34.1 Å². The first-order valence-electron chi connectivity index (χ1n) is 6.85. The Morgan fingerprint density at radius 1 is 1.43 bits per heavy atom. The van der Waals surface area contributed by atoms with Crippen LogP contribution in [0, 0.1) is 0 Å². The number of carbonyl (C=O) groups is 3. The minimum absolute atomic E-state index is 0.107. The molecule has 1 aromatic rings. The lowest BCUT2D eigenvalue weighted by Gasteiger charge is -2.50. The second-order valence-corrected chi connectivity index (χ2v) is 6.01. The average Bonchev–Trinajstić information content (AvgIpc) is 2.53. The Morgan fingerprint density at radius 3 is 2.78 bits per heavy atom. The molecule has 3 atom stereocenters. The Kier molecular flexibility index (Phi) is 3.38. The third-order valence-corrected chi connectivity index (χ3v) is 4.98. The highest BCUT2D eigenvalue weighted by molar-refractivity contribution is 6.52. The van der Waals surface area contributed by atoms with E-state index >= 15 is 0 Å². The topological polar surface area (TPSA) is 110 Å². The smallest absolute Gasteiger partial charge is 0.355 e. The van der Waals surface area contributed by atoms with Crippen molar-refractivity contribution in [3.05, 3.63) is 23.8 Å². The SMILES string of the molecule is COC(=O)[C@@]12Oc3cccc(O)c3C(=O)[C@@]1(Cl)C(=O)CC[C@H]2O. The summed E-state index contributed by atoms with van der Waals surface area (Å²) in [7, 11) is 1.03. The molecule has 3 rings (SSSR count). The molecule has 122 valence electrons. The number of ether oxygens (including phenoxy) is 2. The number of rotatable bonds is 1. The molecule has 0 spiro atoms. The number of phenolic OH excluding ortho intramolecular Hbond substituents is 1. The number of ketones is 2. The molecule has 2 N–H and O–H groups in total. The highest BCUT2D eigenvalue weighted by atomic mass is 35.5. The molecule has 2 aliphatic rings. The maximum atomic E-state index is 12.9. The van der Waals surface area contributed by atoms with Gasteiger partial charge in [0.25, 0.3) is 5.60 Å². The number of hydrogen-bond acceptors (Lipinski definition) is 7. The number of benzene rings is 1. The first-order chi connectivity index (χ1) is 10.8. The molecule has 1 fully saturated rings. The van der Waals surface area contributed by atoms with Crippen LogP contribution in [0.5, 0.6) is 11.5 Å². The van der Waals surface area contributed by atoms with Crippen LogP contribution in [0.1, 0.15) is 23.2 Å². The van der Waals surface area contributed by atoms with Crippen LogP contribution in [-0.4, -0.2) is 51.4 Å². The van der Waals surface area contributed by atoms with Crippen LogP contribution in [-0.2, 0) is 14.3 Å². The fourth-order valence-corrected chi connectivity index (χ4v) is 3.59. The normalized spacial score (nSPS) is 32.6. The zero-order chi connectivity index (χ0) is 17.0. The van der Waals surface area contributed by atoms with E-state index in [1.165, 1.54) is 18.2 Å². The number of carbonyl (C=O) groups excluding carboxylic acids is 3. The molecule has 0 unspecified atom stereocenters. The molecule has 1 heterocycles. The summed E-state index contributed by atoms with van der Waals surface area (Å²) in [6, 6.07) is 3.96. The lowest BCUT2D eigenvalue weighted by molar-refractivity contribution is -0.182. The fraction of sp³-hybridized carbons (Fsp3) is 0.400. The van der Waals surface area contributed by atoms with Crippen molar-refractivity contribution in [2.45, 2.75) is 29.4 Å². The highest BCUT2D eigenvalue weighted by Crippen LogP contribution is 2.52. The largest absolute Gasteiger partial charge is 0.507 e. The van der Waals surface area contributed by atoms with Crippen molar-refractivity contribution in [2.24, 2.45) is 0 Å². The molecular formula is C15H13ClO7. The van der Waals surface area contributed by atoms with Crippen molar-refractivity contribution in [3.8, 4) is 11.5 Å². The first kappa shape index (κ1) is 15.8. The summed E-state index contributed by atoms with van der Waals surface area (Å²) in [6.07, 6.45) is -1.84. The number of hydrogen-bond donors (Lipinski definition) is 2. The monoisotopic (exact) mass is 340 g/mol. The molecule has 1 aliphatic heterocycles.